The van der Waals surface area contributed by atoms with Crippen molar-refractivity contribution in [3.63, 3.8) is 0 Å². The number of esters is 2. The zero-order chi connectivity index (χ0) is 18.9. The van der Waals surface area contributed by atoms with Crippen LogP contribution in [0.2, 0.25) is 0 Å². The molecule has 0 aliphatic carbocycles. The first-order chi connectivity index (χ1) is 12.3. The van der Waals surface area contributed by atoms with Gasteiger partial charge in [0.1, 0.15) is 10.7 Å². The minimum absolute atomic E-state index is 0.0247. The summed E-state index contributed by atoms with van der Waals surface area (Å²) in [6, 6.07) is 4.34. The van der Waals surface area contributed by atoms with E-state index in [1.165, 1.54) is 26.2 Å². The van der Waals surface area contributed by atoms with E-state index < -0.39 is 28.1 Å². The molecule has 2 aliphatic rings. The Morgan fingerprint density at radius 1 is 1.23 bits per heavy atom. The van der Waals surface area contributed by atoms with Gasteiger partial charge in [-0.15, -0.1) is 4.40 Å². The largest absolute Gasteiger partial charge is 0.466 e. The van der Waals surface area contributed by atoms with Gasteiger partial charge >= 0.3 is 11.9 Å². The van der Waals surface area contributed by atoms with Crippen molar-refractivity contribution in [1.82, 2.24) is 0 Å². The minimum atomic E-state index is -3.89. The lowest BCUT2D eigenvalue weighted by atomic mass is 10.1. The molecule has 0 bridgehead atoms. The summed E-state index contributed by atoms with van der Waals surface area (Å²) in [5, 5.41) is 0. The van der Waals surface area contributed by atoms with Crippen LogP contribution in [-0.2, 0) is 24.3 Å². The minimum Gasteiger partial charge on any atom is -0.466 e. The molecule has 26 heavy (non-hydrogen) atoms. The van der Waals surface area contributed by atoms with Crippen LogP contribution in [0.25, 0.3) is 0 Å². The third kappa shape index (κ3) is 3.44. The molecule has 0 unspecified atom stereocenters. The Morgan fingerprint density at radius 3 is 2.73 bits per heavy atom. The van der Waals surface area contributed by atoms with Crippen LogP contribution in [0.5, 0.6) is 0 Å². The zero-order valence-electron chi connectivity index (χ0n) is 14.6. The summed E-state index contributed by atoms with van der Waals surface area (Å²) in [7, 11) is -2.70. The van der Waals surface area contributed by atoms with Gasteiger partial charge in [0.25, 0.3) is 10.0 Å². The molecule has 0 N–H and O–H groups in total. The molecule has 0 spiro atoms. The van der Waals surface area contributed by atoms with Crippen molar-refractivity contribution in [2.24, 2.45) is 4.40 Å². The van der Waals surface area contributed by atoms with Crippen molar-refractivity contribution in [1.29, 1.82) is 0 Å². The number of carbonyl (C=O) groups excluding carboxylic acids is 2. The molecule has 0 aromatic heterocycles. The summed E-state index contributed by atoms with van der Waals surface area (Å²) < 4.78 is 38.6. The van der Waals surface area contributed by atoms with Crippen molar-refractivity contribution in [3.05, 3.63) is 23.8 Å². The number of fused-ring (bicyclic) bond motifs is 3. The molecule has 1 aromatic carbocycles. The van der Waals surface area contributed by atoms with Crippen molar-refractivity contribution >= 4 is 33.5 Å². The molecular weight excluding hydrogens is 360 g/mol. The lowest BCUT2D eigenvalue weighted by molar-refractivity contribution is -0.149. The standard InChI is InChI=1S/C17H20N2O6S/c1-11(16(20)24-2)25-17(21)12-7-8-13-14(10-12)26(22,23)18-15-6-4-3-5-9-19(13)15/h7-8,10-11H,3-6,9H2,1-2H3/t11-/m1/s1. The van der Waals surface area contributed by atoms with Crippen LogP contribution in [0.3, 0.4) is 0 Å². The van der Waals surface area contributed by atoms with Crippen LogP contribution in [0.4, 0.5) is 5.69 Å². The molecule has 9 heteroatoms. The quantitative estimate of drug-likeness (QED) is 0.738. The Hall–Kier alpha value is -2.42. The second-order valence-corrected chi connectivity index (χ2v) is 7.77. The molecule has 1 fully saturated rings. The summed E-state index contributed by atoms with van der Waals surface area (Å²) >= 11 is 0. The van der Waals surface area contributed by atoms with Gasteiger partial charge in [-0.3, -0.25) is 0 Å². The highest BCUT2D eigenvalue weighted by molar-refractivity contribution is 7.90. The average Bonchev–Trinajstić information content (AvgIpc) is 2.85. The van der Waals surface area contributed by atoms with E-state index in [1.807, 2.05) is 4.90 Å². The second kappa shape index (κ2) is 7.06. The number of benzene rings is 1. The molecule has 0 saturated carbocycles. The van der Waals surface area contributed by atoms with Gasteiger partial charge in [0, 0.05) is 13.0 Å². The number of carbonyl (C=O) groups is 2. The van der Waals surface area contributed by atoms with Crippen LogP contribution in [0.1, 0.15) is 43.0 Å². The van der Waals surface area contributed by atoms with Crippen molar-refractivity contribution in [3.8, 4) is 0 Å². The fraction of sp³-hybridized carbons (Fsp3) is 0.471. The predicted octanol–water partition coefficient (Wildman–Crippen LogP) is 1.89. The van der Waals surface area contributed by atoms with Crippen LogP contribution >= 0.6 is 0 Å². The van der Waals surface area contributed by atoms with Gasteiger partial charge in [0.05, 0.1) is 18.4 Å². The summed E-state index contributed by atoms with van der Waals surface area (Å²) in [4.78, 5) is 25.5. The topological polar surface area (TPSA) is 102 Å². The fourth-order valence-corrected chi connectivity index (χ4v) is 4.33. The van der Waals surface area contributed by atoms with Crippen LogP contribution in [0, 0.1) is 0 Å². The Balaban J connectivity index is 1.94. The van der Waals surface area contributed by atoms with Crippen LogP contribution in [-0.4, -0.2) is 46.0 Å². The van der Waals surface area contributed by atoms with Gasteiger partial charge in [-0.2, -0.15) is 8.42 Å². The number of nitrogens with zero attached hydrogens (tertiary/aromatic N) is 2. The van der Waals surface area contributed by atoms with Crippen LogP contribution < -0.4 is 4.90 Å². The van der Waals surface area contributed by atoms with Crippen molar-refractivity contribution < 1.29 is 27.5 Å². The first-order valence-electron chi connectivity index (χ1n) is 8.38. The summed E-state index contributed by atoms with van der Waals surface area (Å²) in [5.74, 6) is -0.945. The van der Waals surface area contributed by atoms with E-state index in [0.29, 0.717) is 24.5 Å². The highest BCUT2D eigenvalue weighted by atomic mass is 32.2. The molecule has 1 atom stereocenters. The highest BCUT2D eigenvalue weighted by Crippen LogP contribution is 2.35. The fourth-order valence-electron chi connectivity index (χ4n) is 3.05. The van der Waals surface area contributed by atoms with Gasteiger partial charge in [-0.25, -0.2) is 9.59 Å². The molecule has 1 aromatic rings. The molecule has 2 aliphatic heterocycles. The molecule has 2 heterocycles. The van der Waals surface area contributed by atoms with E-state index in [-0.39, 0.29) is 10.5 Å². The monoisotopic (exact) mass is 380 g/mol. The highest BCUT2D eigenvalue weighted by Gasteiger charge is 2.32. The molecular formula is C17H20N2O6S. The zero-order valence-corrected chi connectivity index (χ0v) is 15.4. The summed E-state index contributed by atoms with van der Waals surface area (Å²) in [5.41, 5.74) is 0.561. The van der Waals surface area contributed by atoms with E-state index in [2.05, 4.69) is 9.13 Å². The van der Waals surface area contributed by atoms with E-state index in [0.717, 1.165) is 19.3 Å². The molecule has 3 rings (SSSR count). The smallest absolute Gasteiger partial charge is 0.346 e. The second-order valence-electron chi connectivity index (χ2n) is 6.20. The Bertz CT molecular complexity index is 877. The summed E-state index contributed by atoms with van der Waals surface area (Å²) in [6.45, 7) is 2.07. The Morgan fingerprint density at radius 2 is 2.00 bits per heavy atom. The first kappa shape index (κ1) is 18.4. The van der Waals surface area contributed by atoms with E-state index >= 15 is 0 Å². The van der Waals surface area contributed by atoms with E-state index in [1.54, 1.807) is 6.07 Å². The van der Waals surface area contributed by atoms with Gasteiger partial charge in [0.15, 0.2) is 6.10 Å². The lowest BCUT2D eigenvalue weighted by Gasteiger charge is -2.29. The van der Waals surface area contributed by atoms with E-state index in [9.17, 15) is 18.0 Å². The molecule has 8 nitrogen and oxygen atoms in total. The molecule has 1 saturated heterocycles. The van der Waals surface area contributed by atoms with Gasteiger partial charge in [0.2, 0.25) is 0 Å². The number of hydrogen-bond acceptors (Lipinski definition) is 7. The summed E-state index contributed by atoms with van der Waals surface area (Å²) in [6.07, 6.45) is 2.38. The van der Waals surface area contributed by atoms with Gasteiger partial charge in [-0.05, 0) is 38.0 Å². The maximum Gasteiger partial charge on any atom is 0.346 e. The van der Waals surface area contributed by atoms with Crippen molar-refractivity contribution in [2.75, 3.05) is 18.6 Å². The molecule has 0 radical (unpaired) electrons. The van der Waals surface area contributed by atoms with Crippen LogP contribution in [0.15, 0.2) is 27.5 Å². The third-order valence-corrected chi connectivity index (χ3v) is 5.73. The number of rotatable bonds is 3. The molecule has 140 valence electrons. The number of hydrogen-bond donors (Lipinski definition) is 0. The normalized spacial score (nSPS) is 19.3. The number of sulfonamides is 1. The number of amidine groups is 1. The number of ether oxygens (including phenoxy) is 2. The maximum absolute atomic E-state index is 12.6. The Kier molecular flexibility index (Phi) is 4.99. The average molecular weight is 380 g/mol. The third-order valence-electron chi connectivity index (χ3n) is 4.40. The Labute approximate surface area is 151 Å². The SMILES string of the molecule is COC(=O)[C@@H](C)OC(=O)c1ccc2c(c1)S(=O)(=O)N=C1CCCCCN12. The number of methoxy groups -OCH3 is 1. The first-order valence-corrected chi connectivity index (χ1v) is 9.82. The maximum atomic E-state index is 12.6. The van der Waals surface area contributed by atoms with Gasteiger partial charge < -0.3 is 14.4 Å². The van der Waals surface area contributed by atoms with Crippen molar-refractivity contribution in [2.45, 2.75) is 43.6 Å². The van der Waals surface area contributed by atoms with E-state index in [4.69, 9.17) is 4.74 Å². The molecule has 0 amide bonds. The predicted molar refractivity (Wildman–Crippen MR) is 93.8 cm³/mol. The lowest BCUT2D eigenvalue weighted by Crippen LogP contribution is -2.35. The number of anilines is 1. The van der Waals surface area contributed by atoms with Gasteiger partial charge in [-0.1, -0.05) is 6.42 Å².